The molecule has 0 aliphatic heterocycles. The maximum atomic E-state index is 12.9. The van der Waals surface area contributed by atoms with Crippen molar-refractivity contribution in [2.45, 2.75) is 33.2 Å². The minimum atomic E-state index is 0.175. The average Bonchev–Trinajstić information content (AvgIpc) is 2.95. The van der Waals surface area contributed by atoms with Crippen LogP contribution in [0.25, 0.3) is 21.8 Å². The fraction of sp³-hybridized carbons (Fsp3) is 0.381. The van der Waals surface area contributed by atoms with Crippen LogP contribution >= 0.6 is 0 Å². The summed E-state index contributed by atoms with van der Waals surface area (Å²) in [4.78, 5) is 14.9. The van der Waals surface area contributed by atoms with Crippen LogP contribution in [-0.2, 0) is 11.3 Å². The number of nitrogens with zero attached hydrogens (tertiary/aromatic N) is 2. The molecule has 3 rings (SSSR count). The lowest BCUT2D eigenvalue weighted by atomic mass is 10.1. The lowest BCUT2D eigenvalue weighted by molar-refractivity contribution is -0.131. The first-order chi connectivity index (χ1) is 12.2. The van der Waals surface area contributed by atoms with Gasteiger partial charge in [0.05, 0.1) is 12.6 Å². The largest absolute Gasteiger partial charge is 0.497 e. The van der Waals surface area contributed by atoms with Gasteiger partial charge in [0.2, 0.25) is 5.91 Å². The zero-order valence-electron chi connectivity index (χ0n) is 15.3. The minimum Gasteiger partial charge on any atom is -0.497 e. The molecule has 0 saturated heterocycles. The van der Waals surface area contributed by atoms with Gasteiger partial charge in [0.1, 0.15) is 12.3 Å². The Balaban J connectivity index is 2.08. The number of para-hydroxylation sites is 1. The van der Waals surface area contributed by atoms with Gasteiger partial charge in [-0.1, -0.05) is 32.0 Å². The van der Waals surface area contributed by atoms with Crippen molar-refractivity contribution < 1.29 is 9.53 Å². The minimum absolute atomic E-state index is 0.175. The van der Waals surface area contributed by atoms with Crippen molar-refractivity contribution in [2.24, 2.45) is 0 Å². The molecule has 1 heterocycles. The van der Waals surface area contributed by atoms with Gasteiger partial charge in [-0.25, -0.2) is 0 Å². The number of hydrogen-bond acceptors (Lipinski definition) is 2. The third kappa shape index (κ3) is 3.34. The van der Waals surface area contributed by atoms with Crippen LogP contribution in [0.4, 0.5) is 0 Å². The standard InChI is InChI=1S/C21H26N2O2/c1-4-12-22(13-5-2)21(24)15-23-19-9-7-6-8-17(19)18-11-10-16(25-3)14-20(18)23/h6-11,14H,4-5,12-13,15H2,1-3H3. The highest BCUT2D eigenvalue weighted by atomic mass is 16.5. The second-order valence-electron chi connectivity index (χ2n) is 6.37. The molecule has 4 heteroatoms. The van der Waals surface area contributed by atoms with E-state index in [0.29, 0.717) is 6.54 Å². The number of aromatic nitrogens is 1. The first kappa shape index (κ1) is 17.3. The summed E-state index contributed by atoms with van der Waals surface area (Å²) in [6.07, 6.45) is 1.96. The average molecular weight is 338 g/mol. The first-order valence-electron chi connectivity index (χ1n) is 9.02. The van der Waals surface area contributed by atoms with Gasteiger partial charge in [0.15, 0.2) is 0 Å². The summed E-state index contributed by atoms with van der Waals surface area (Å²) in [5.74, 6) is 0.983. The number of carbonyl (C=O) groups excluding carboxylic acids is 1. The summed E-state index contributed by atoms with van der Waals surface area (Å²) >= 11 is 0. The van der Waals surface area contributed by atoms with E-state index in [-0.39, 0.29) is 5.91 Å². The van der Waals surface area contributed by atoms with Gasteiger partial charge in [-0.15, -0.1) is 0 Å². The van der Waals surface area contributed by atoms with Gasteiger partial charge >= 0.3 is 0 Å². The Hall–Kier alpha value is -2.49. The molecule has 0 saturated carbocycles. The Morgan fingerprint density at radius 3 is 2.36 bits per heavy atom. The van der Waals surface area contributed by atoms with E-state index in [1.807, 2.05) is 29.2 Å². The molecule has 132 valence electrons. The topological polar surface area (TPSA) is 34.5 Å². The van der Waals surface area contributed by atoms with Gasteiger partial charge in [-0.3, -0.25) is 4.79 Å². The number of hydrogen-bond donors (Lipinski definition) is 0. The van der Waals surface area contributed by atoms with Crippen LogP contribution in [0.5, 0.6) is 5.75 Å². The van der Waals surface area contributed by atoms with Crippen LogP contribution in [0.15, 0.2) is 42.5 Å². The number of rotatable bonds is 7. The normalized spacial score (nSPS) is 11.2. The highest BCUT2D eigenvalue weighted by molar-refractivity contribution is 6.09. The second kappa shape index (κ2) is 7.60. The lowest BCUT2D eigenvalue weighted by Crippen LogP contribution is -2.35. The van der Waals surface area contributed by atoms with Gasteiger partial charge < -0.3 is 14.2 Å². The van der Waals surface area contributed by atoms with Crippen LogP contribution in [0, 0.1) is 0 Å². The molecule has 0 fully saturated rings. The predicted molar refractivity (Wildman–Crippen MR) is 103 cm³/mol. The van der Waals surface area contributed by atoms with Gasteiger partial charge in [-0.2, -0.15) is 0 Å². The number of methoxy groups -OCH3 is 1. The first-order valence-corrected chi connectivity index (χ1v) is 9.02. The van der Waals surface area contributed by atoms with Gasteiger partial charge in [0.25, 0.3) is 0 Å². The molecule has 0 aliphatic rings. The number of ether oxygens (including phenoxy) is 1. The third-order valence-electron chi connectivity index (χ3n) is 4.61. The van der Waals surface area contributed by atoms with Gasteiger partial charge in [-0.05, 0) is 31.0 Å². The molecule has 0 radical (unpaired) electrons. The molecule has 3 aromatic rings. The van der Waals surface area contributed by atoms with E-state index in [1.165, 1.54) is 5.39 Å². The molecule has 2 aromatic carbocycles. The smallest absolute Gasteiger partial charge is 0.242 e. The zero-order valence-corrected chi connectivity index (χ0v) is 15.3. The van der Waals surface area contributed by atoms with Crippen molar-refractivity contribution in [3.05, 3.63) is 42.5 Å². The van der Waals surface area contributed by atoms with E-state index in [9.17, 15) is 4.79 Å². The summed E-state index contributed by atoms with van der Waals surface area (Å²) in [7, 11) is 1.67. The Kier molecular flexibility index (Phi) is 5.27. The Bertz CT molecular complexity index is 876. The Morgan fingerprint density at radius 1 is 1.00 bits per heavy atom. The summed E-state index contributed by atoms with van der Waals surface area (Å²) in [5.41, 5.74) is 2.13. The Labute approximate surface area is 149 Å². The molecule has 0 bridgehead atoms. The third-order valence-corrected chi connectivity index (χ3v) is 4.61. The molecule has 0 spiro atoms. The van der Waals surface area contributed by atoms with E-state index in [0.717, 1.165) is 48.1 Å². The lowest BCUT2D eigenvalue weighted by Gasteiger charge is -2.22. The fourth-order valence-electron chi connectivity index (χ4n) is 3.46. The van der Waals surface area contributed by atoms with Gasteiger partial charge in [0, 0.05) is 35.4 Å². The van der Waals surface area contributed by atoms with Crippen LogP contribution in [0.3, 0.4) is 0 Å². The van der Waals surface area contributed by atoms with E-state index >= 15 is 0 Å². The van der Waals surface area contributed by atoms with Crippen molar-refractivity contribution in [2.75, 3.05) is 20.2 Å². The van der Waals surface area contributed by atoms with Crippen molar-refractivity contribution in [1.82, 2.24) is 9.47 Å². The molecule has 0 atom stereocenters. The molecule has 0 N–H and O–H groups in total. The van der Waals surface area contributed by atoms with E-state index < -0.39 is 0 Å². The van der Waals surface area contributed by atoms with Crippen molar-refractivity contribution >= 4 is 27.7 Å². The van der Waals surface area contributed by atoms with Crippen molar-refractivity contribution in [1.29, 1.82) is 0 Å². The zero-order chi connectivity index (χ0) is 17.8. The van der Waals surface area contributed by atoms with Crippen LogP contribution in [0.1, 0.15) is 26.7 Å². The molecule has 0 aliphatic carbocycles. The molecule has 1 aromatic heterocycles. The number of fused-ring (bicyclic) bond motifs is 3. The van der Waals surface area contributed by atoms with E-state index in [2.05, 4.69) is 36.6 Å². The molecular formula is C21H26N2O2. The number of amides is 1. The second-order valence-corrected chi connectivity index (χ2v) is 6.37. The molecular weight excluding hydrogens is 312 g/mol. The Morgan fingerprint density at radius 2 is 1.68 bits per heavy atom. The fourth-order valence-corrected chi connectivity index (χ4v) is 3.46. The highest BCUT2D eigenvalue weighted by Crippen LogP contribution is 2.31. The number of carbonyl (C=O) groups is 1. The molecule has 0 unspecified atom stereocenters. The van der Waals surface area contributed by atoms with Crippen molar-refractivity contribution in [3.63, 3.8) is 0 Å². The van der Waals surface area contributed by atoms with Crippen LogP contribution in [-0.4, -0.2) is 35.6 Å². The summed E-state index contributed by atoms with van der Waals surface area (Å²) in [6, 6.07) is 14.3. The van der Waals surface area contributed by atoms with Crippen molar-refractivity contribution in [3.8, 4) is 5.75 Å². The number of benzene rings is 2. The monoisotopic (exact) mass is 338 g/mol. The maximum absolute atomic E-state index is 12.9. The highest BCUT2D eigenvalue weighted by Gasteiger charge is 2.17. The van der Waals surface area contributed by atoms with Crippen LogP contribution < -0.4 is 4.74 Å². The quantitative estimate of drug-likeness (QED) is 0.638. The molecule has 1 amide bonds. The summed E-state index contributed by atoms with van der Waals surface area (Å²) in [5, 5.41) is 2.33. The maximum Gasteiger partial charge on any atom is 0.242 e. The summed E-state index contributed by atoms with van der Waals surface area (Å²) < 4.78 is 7.51. The van der Waals surface area contributed by atoms with Crippen LogP contribution in [0.2, 0.25) is 0 Å². The molecule has 25 heavy (non-hydrogen) atoms. The summed E-state index contributed by atoms with van der Waals surface area (Å²) in [6.45, 7) is 6.21. The van der Waals surface area contributed by atoms with E-state index in [1.54, 1.807) is 7.11 Å². The molecule has 4 nitrogen and oxygen atoms in total. The predicted octanol–water partition coefficient (Wildman–Crippen LogP) is 4.45. The van der Waals surface area contributed by atoms with E-state index in [4.69, 9.17) is 4.74 Å². The SMILES string of the molecule is CCCN(CCC)C(=O)Cn1c2ccccc2c2ccc(OC)cc21.